The number of rotatable bonds is 4. The van der Waals surface area contributed by atoms with E-state index in [1.165, 1.54) is 55.3 Å². The highest BCUT2D eigenvalue weighted by Crippen LogP contribution is 2.54. The largest absolute Gasteiger partial charge is 0.456 e. The lowest BCUT2D eigenvalue weighted by Crippen LogP contribution is -2.18. The minimum Gasteiger partial charge on any atom is -0.456 e. The molecule has 0 atom stereocenters. The molecule has 2 aromatic heterocycles. The molecular formula is C58H41NO2. The van der Waals surface area contributed by atoms with Gasteiger partial charge in [0.15, 0.2) is 0 Å². The number of hydrogen-bond acceptors (Lipinski definition) is 3. The second kappa shape index (κ2) is 12.1. The predicted octanol–water partition coefficient (Wildman–Crippen LogP) is 16.4. The van der Waals surface area contributed by atoms with Crippen LogP contribution in [0.25, 0.3) is 88.0 Å². The van der Waals surface area contributed by atoms with Crippen molar-refractivity contribution in [3.63, 3.8) is 0 Å². The molecule has 2 heterocycles. The zero-order valence-corrected chi connectivity index (χ0v) is 34.5. The molecule has 2 aliphatic carbocycles. The van der Waals surface area contributed by atoms with Crippen LogP contribution >= 0.6 is 0 Å². The van der Waals surface area contributed by atoms with Crippen molar-refractivity contribution in [2.45, 2.75) is 38.5 Å². The van der Waals surface area contributed by atoms with Gasteiger partial charge in [0.25, 0.3) is 0 Å². The van der Waals surface area contributed by atoms with Crippen molar-refractivity contribution >= 4 is 71.7 Å². The highest BCUT2D eigenvalue weighted by Gasteiger charge is 2.38. The Bertz CT molecular complexity index is 3560. The fourth-order valence-electron chi connectivity index (χ4n) is 11.0. The highest BCUT2D eigenvalue weighted by molar-refractivity contribution is 6.27. The molecule has 0 saturated carbocycles. The molecule has 0 amide bonds. The van der Waals surface area contributed by atoms with Crippen molar-refractivity contribution in [2.75, 3.05) is 4.90 Å². The van der Waals surface area contributed by atoms with Crippen LogP contribution in [0.3, 0.4) is 0 Å². The highest BCUT2D eigenvalue weighted by atomic mass is 16.3. The molecule has 290 valence electrons. The van der Waals surface area contributed by atoms with E-state index in [-0.39, 0.29) is 10.8 Å². The molecule has 61 heavy (non-hydrogen) atoms. The maximum atomic E-state index is 7.01. The first-order valence-corrected chi connectivity index (χ1v) is 21.3. The normalized spacial score (nSPS) is 14.5. The van der Waals surface area contributed by atoms with E-state index >= 15 is 0 Å². The second-order valence-electron chi connectivity index (χ2n) is 18.1. The van der Waals surface area contributed by atoms with Crippen LogP contribution < -0.4 is 4.90 Å². The Morgan fingerprint density at radius 3 is 1.61 bits per heavy atom. The van der Waals surface area contributed by atoms with Crippen LogP contribution in [0.2, 0.25) is 0 Å². The number of furan rings is 2. The van der Waals surface area contributed by atoms with Crippen molar-refractivity contribution in [3.05, 3.63) is 198 Å². The van der Waals surface area contributed by atoms with Crippen molar-refractivity contribution in [3.8, 4) is 33.4 Å². The topological polar surface area (TPSA) is 29.5 Å². The molecule has 0 unspecified atom stereocenters. The first-order chi connectivity index (χ1) is 29.7. The molecule has 0 fully saturated rings. The van der Waals surface area contributed by atoms with Crippen LogP contribution in [-0.4, -0.2) is 0 Å². The number of nitrogens with zero attached hydrogens (tertiary/aromatic N) is 1. The zero-order chi connectivity index (χ0) is 40.8. The molecule has 13 rings (SSSR count). The average molecular weight is 784 g/mol. The summed E-state index contributed by atoms with van der Waals surface area (Å²) < 4.78 is 13.5. The van der Waals surface area contributed by atoms with Gasteiger partial charge in [-0.3, -0.25) is 0 Å². The third-order valence-electron chi connectivity index (χ3n) is 14.0. The molecule has 11 aromatic rings. The van der Waals surface area contributed by atoms with E-state index in [0.29, 0.717) is 0 Å². The molecule has 0 saturated heterocycles. The van der Waals surface area contributed by atoms with Crippen molar-refractivity contribution < 1.29 is 8.83 Å². The van der Waals surface area contributed by atoms with Crippen LogP contribution in [0.1, 0.15) is 49.9 Å². The number of anilines is 3. The van der Waals surface area contributed by atoms with E-state index < -0.39 is 0 Å². The van der Waals surface area contributed by atoms with Gasteiger partial charge in [-0.1, -0.05) is 143 Å². The van der Waals surface area contributed by atoms with E-state index in [4.69, 9.17) is 8.83 Å². The van der Waals surface area contributed by atoms with E-state index in [2.05, 4.69) is 202 Å². The van der Waals surface area contributed by atoms with Gasteiger partial charge in [-0.2, -0.15) is 0 Å². The SMILES string of the molecule is CC1(C)c2ccccc2-c2ccc(N(c3ccc4c(c3)C(C)(C)c3ccccc3-4)c3cc(-c4ccc5ccccc5c4)c4oc5ccc6oc7ccccc7c6c5c4c3)cc21. The fraction of sp³-hybridized carbons (Fsp3) is 0.103. The van der Waals surface area contributed by atoms with Gasteiger partial charge in [0.1, 0.15) is 22.3 Å². The Balaban J connectivity index is 1.13. The summed E-state index contributed by atoms with van der Waals surface area (Å²) in [7, 11) is 0. The molecule has 0 radical (unpaired) electrons. The number of para-hydroxylation sites is 1. The van der Waals surface area contributed by atoms with E-state index in [1.807, 2.05) is 6.07 Å². The van der Waals surface area contributed by atoms with Crippen LogP contribution in [0.15, 0.2) is 185 Å². The predicted molar refractivity (Wildman–Crippen MR) is 254 cm³/mol. The Morgan fingerprint density at radius 1 is 0.361 bits per heavy atom. The summed E-state index contributed by atoms with van der Waals surface area (Å²) in [5.41, 5.74) is 19.2. The lowest BCUT2D eigenvalue weighted by molar-refractivity contribution is 0.660. The second-order valence-corrected chi connectivity index (χ2v) is 18.1. The van der Waals surface area contributed by atoms with Crippen LogP contribution in [-0.2, 0) is 10.8 Å². The van der Waals surface area contributed by atoms with E-state index in [9.17, 15) is 0 Å². The van der Waals surface area contributed by atoms with E-state index in [1.54, 1.807) is 0 Å². The van der Waals surface area contributed by atoms with Crippen LogP contribution in [0.5, 0.6) is 0 Å². The quantitative estimate of drug-likeness (QED) is 0.178. The summed E-state index contributed by atoms with van der Waals surface area (Å²) in [4.78, 5) is 2.48. The Morgan fingerprint density at radius 2 is 0.918 bits per heavy atom. The van der Waals surface area contributed by atoms with Gasteiger partial charge < -0.3 is 13.7 Å². The van der Waals surface area contributed by atoms with Gasteiger partial charge >= 0.3 is 0 Å². The summed E-state index contributed by atoms with van der Waals surface area (Å²) in [6.07, 6.45) is 0. The molecular weight excluding hydrogens is 743 g/mol. The monoisotopic (exact) mass is 783 g/mol. The van der Waals surface area contributed by atoms with E-state index in [0.717, 1.165) is 72.1 Å². The lowest BCUT2D eigenvalue weighted by atomic mass is 9.82. The number of benzene rings is 9. The molecule has 0 aliphatic heterocycles. The third kappa shape index (κ3) is 4.75. The summed E-state index contributed by atoms with van der Waals surface area (Å²) in [6, 6.07) is 64.5. The van der Waals surface area contributed by atoms with Crippen molar-refractivity contribution in [1.29, 1.82) is 0 Å². The van der Waals surface area contributed by atoms with Gasteiger partial charge in [0, 0.05) is 55.0 Å². The summed E-state index contributed by atoms with van der Waals surface area (Å²) in [5.74, 6) is 0. The van der Waals surface area contributed by atoms with Gasteiger partial charge in [-0.15, -0.1) is 0 Å². The maximum absolute atomic E-state index is 7.01. The van der Waals surface area contributed by atoms with Crippen molar-refractivity contribution in [2.24, 2.45) is 0 Å². The molecule has 0 bridgehead atoms. The van der Waals surface area contributed by atoms with Crippen LogP contribution in [0.4, 0.5) is 17.1 Å². The van der Waals surface area contributed by atoms with Crippen LogP contribution in [0, 0.1) is 0 Å². The molecule has 3 heteroatoms. The number of fused-ring (bicyclic) bond motifs is 14. The summed E-state index contributed by atoms with van der Waals surface area (Å²) >= 11 is 0. The molecule has 9 aromatic carbocycles. The third-order valence-corrected chi connectivity index (χ3v) is 14.0. The smallest absolute Gasteiger partial charge is 0.143 e. The number of hydrogen-bond donors (Lipinski definition) is 0. The average Bonchev–Trinajstić information content (AvgIpc) is 3.99. The fourth-order valence-corrected chi connectivity index (χ4v) is 11.0. The summed E-state index contributed by atoms with van der Waals surface area (Å²) in [6.45, 7) is 9.46. The molecule has 3 nitrogen and oxygen atoms in total. The molecule has 2 aliphatic rings. The van der Waals surface area contributed by atoms with Crippen molar-refractivity contribution in [1.82, 2.24) is 0 Å². The van der Waals surface area contributed by atoms with Gasteiger partial charge in [0.2, 0.25) is 0 Å². The summed E-state index contributed by atoms with van der Waals surface area (Å²) in [5, 5.41) is 6.68. The molecule has 0 N–H and O–H groups in total. The first-order valence-electron chi connectivity index (χ1n) is 21.3. The minimum absolute atomic E-state index is 0.163. The van der Waals surface area contributed by atoms with Gasteiger partial charge in [-0.25, -0.2) is 0 Å². The van der Waals surface area contributed by atoms with Gasteiger partial charge in [-0.05, 0) is 122 Å². The lowest BCUT2D eigenvalue weighted by Gasteiger charge is -2.30. The Kier molecular flexibility index (Phi) is 6.85. The standard InChI is InChI=1S/C58H41NO2/c1-57(2)47-18-10-7-15-40(47)42-25-23-37(32-49(42)57)59(38-24-26-43-41-16-8-11-19-48(41)58(3,4)50(43)33-38)39-30-45(36-22-21-34-13-5-6-14-35(34)29-36)56-46(31-39)55-53(61-56)28-27-52-54(55)44-17-9-12-20-51(44)60-52/h5-33H,1-4H3. The zero-order valence-electron chi connectivity index (χ0n) is 34.5. The van der Waals surface area contributed by atoms with Gasteiger partial charge in [0.05, 0.1) is 0 Å². The first kappa shape index (κ1) is 34.5. The Labute approximate surface area is 354 Å². The minimum atomic E-state index is -0.163. The maximum Gasteiger partial charge on any atom is 0.143 e. The Hall–Kier alpha value is -7.36. The molecule has 0 spiro atoms.